The van der Waals surface area contributed by atoms with Crippen molar-refractivity contribution in [3.63, 3.8) is 0 Å². The smallest absolute Gasteiger partial charge is 0.475 e. The van der Waals surface area contributed by atoms with Crippen LogP contribution in [0, 0.1) is 0 Å². The minimum atomic E-state index is -5.08. The summed E-state index contributed by atoms with van der Waals surface area (Å²) in [6.45, 7) is 2.14. The van der Waals surface area contributed by atoms with Gasteiger partial charge in [-0.25, -0.2) is 19.6 Å². The zero-order valence-electron chi connectivity index (χ0n) is 16.5. The normalized spacial score (nSPS) is 14.0. The summed E-state index contributed by atoms with van der Waals surface area (Å²) in [5.74, 6) is -5.51. The van der Waals surface area contributed by atoms with Crippen molar-refractivity contribution in [1.29, 1.82) is 0 Å². The van der Waals surface area contributed by atoms with Gasteiger partial charge in [0.15, 0.2) is 0 Å². The highest BCUT2D eigenvalue weighted by atomic mass is 19.4. The molecule has 32 heavy (non-hydrogen) atoms. The second-order valence-electron chi connectivity index (χ2n) is 6.29. The van der Waals surface area contributed by atoms with Gasteiger partial charge in [-0.2, -0.15) is 26.3 Å². The summed E-state index contributed by atoms with van der Waals surface area (Å²) in [6, 6.07) is 4.02. The van der Waals surface area contributed by atoms with E-state index in [1.165, 1.54) is 11.3 Å². The van der Waals surface area contributed by atoms with E-state index in [0.717, 1.165) is 37.2 Å². The zero-order chi connectivity index (χ0) is 24.5. The Hall–Kier alpha value is -3.29. The first-order valence-corrected chi connectivity index (χ1v) is 8.75. The number of nitrogens with zero attached hydrogens (tertiary/aromatic N) is 4. The Morgan fingerprint density at radius 2 is 1.38 bits per heavy atom. The fraction of sp³-hybridized carbons (Fsp3) is 0.389. The maximum Gasteiger partial charge on any atom is 0.490 e. The number of alkyl halides is 6. The summed E-state index contributed by atoms with van der Waals surface area (Å²) in [5.41, 5.74) is 4.69. The fourth-order valence-corrected chi connectivity index (χ4v) is 2.40. The third kappa shape index (κ3) is 8.83. The molecule has 2 aromatic rings. The maximum atomic E-state index is 10.6. The summed E-state index contributed by atoms with van der Waals surface area (Å²) >= 11 is 0. The predicted octanol–water partition coefficient (Wildman–Crippen LogP) is 2.84. The van der Waals surface area contributed by atoms with E-state index in [-0.39, 0.29) is 0 Å². The number of fused-ring (bicyclic) bond motifs is 1. The van der Waals surface area contributed by atoms with Crippen molar-refractivity contribution in [2.24, 2.45) is 0 Å². The number of rotatable bonds is 1. The molecule has 0 aromatic carbocycles. The van der Waals surface area contributed by atoms with Crippen molar-refractivity contribution in [3.05, 3.63) is 42.1 Å². The Morgan fingerprint density at radius 1 is 0.906 bits per heavy atom. The first-order valence-electron chi connectivity index (χ1n) is 8.75. The van der Waals surface area contributed by atoms with Crippen LogP contribution in [0.5, 0.6) is 0 Å². The van der Waals surface area contributed by atoms with Crippen LogP contribution in [0.1, 0.15) is 11.3 Å². The van der Waals surface area contributed by atoms with Gasteiger partial charge in [0.05, 0.1) is 5.69 Å². The molecule has 0 atom stereocenters. The molecule has 14 heteroatoms. The van der Waals surface area contributed by atoms with Crippen LogP contribution in [0.3, 0.4) is 0 Å². The predicted molar refractivity (Wildman–Crippen MR) is 97.5 cm³/mol. The van der Waals surface area contributed by atoms with Gasteiger partial charge in [-0.05, 0) is 25.6 Å². The number of carboxylic acids is 2. The largest absolute Gasteiger partial charge is 0.490 e. The number of aromatic nitrogens is 3. The average molecular weight is 468 g/mol. The molecule has 8 nitrogen and oxygen atoms in total. The Morgan fingerprint density at radius 3 is 1.84 bits per heavy atom. The lowest BCUT2D eigenvalue weighted by Crippen LogP contribution is -2.21. The second kappa shape index (κ2) is 11.4. The number of halogens is 6. The van der Waals surface area contributed by atoms with Crippen molar-refractivity contribution in [3.8, 4) is 11.3 Å². The molecule has 1 aliphatic rings. The van der Waals surface area contributed by atoms with Gasteiger partial charge in [-0.1, -0.05) is 0 Å². The molecule has 0 fully saturated rings. The van der Waals surface area contributed by atoms with Crippen LogP contribution in [0.15, 0.2) is 30.9 Å². The average Bonchev–Trinajstić information content (AvgIpc) is 2.90. The van der Waals surface area contributed by atoms with Crippen LogP contribution in [0.4, 0.5) is 26.3 Å². The molecule has 1 aliphatic heterocycles. The number of hydrogen-bond donors (Lipinski definition) is 2. The molecule has 2 aromatic heterocycles. The summed E-state index contributed by atoms with van der Waals surface area (Å²) in [6.07, 6.45) is -2.84. The molecule has 176 valence electrons. The molecule has 0 spiro atoms. The lowest BCUT2D eigenvalue weighted by atomic mass is 10.0. The number of hydrogen-bond acceptors (Lipinski definition) is 6. The quantitative estimate of drug-likeness (QED) is 0.614. The van der Waals surface area contributed by atoms with Crippen molar-refractivity contribution in [2.75, 3.05) is 20.1 Å². The maximum absolute atomic E-state index is 10.6. The van der Waals surface area contributed by atoms with E-state index in [2.05, 4.69) is 26.9 Å². The van der Waals surface area contributed by atoms with Gasteiger partial charge >= 0.3 is 24.3 Å². The van der Waals surface area contributed by atoms with Crippen molar-refractivity contribution >= 4 is 11.9 Å². The van der Waals surface area contributed by atoms with Crippen LogP contribution in [0.25, 0.3) is 11.3 Å². The summed E-state index contributed by atoms with van der Waals surface area (Å²) in [7, 11) is 2.16. The Bertz CT molecular complexity index is 883. The molecule has 0 saturated carbocycles. The summed E-state index contributed by atoms with van der Waals surface area (Å²) < 4.78 is 63.5. The number of likely N-dealkylation sites (N-methyl/N-ethyl adjacent to an activating group) is 1. The molecule has 2 N–H and O–H groups in total. The van der Waals surface area contributed by atoms with Crippen molar-refractivity contribution < 1.29 is 46.1 Å². The monoisotopic (exact) mass is 468 g/mol. The van der Waals surface area contributed by atoms with Gasteiger partial charge in [-0.3, -0.25) is 4.98 Å². The standard InChI is InChI=1S/C14H16N4.2C2HF3O2/c1-18-8-4-12-13(5-9-18)16-10-17-14(12)11-2-6-15-7-3-11;2*3-2(4,5)1(6)7/h2-3,6-7,10H,4-5,8-9H2,1H3;2*(H,6,7). The van der Waals surface area contributed by atoms with Crippen LogP contribution in [-0.4, -0.2) is 74.5 Å². The molecule has 3 heterocycles. The SMILES string of the molecule is CN1CCc2ncnc(-c3ccncc3)c2CC1.O=C(O)C(F)(F)F.O=C(O)C(F)(F)F. The van der Waals surface area contributed by atoms with Crippen LogP contribution in [-0.2, 0) is 22.4 Å². The van der Waals surface area contributed by atoms with Gasteiger partial charge in [0.2, 0.25) is 0 Å². The highest BCUT2D eigenvalue weighted by Gasteiger charge is 2.38. The lowest BCUT2D eigenvalue weighted by Gasteiger charge is -2.11. The van der Waals surface area contributed by atoms with Gasteiger partial charge in [0, 0.05) is 48.7 Å². The summed E-state index contributed by atoms with van der Waals surface area (Å²) in [5, 5.41) is 14.2. The minimum absolute atomic E-state index is 1.01. The van der Waals surface area contributed by atoms with E-state index in [9.17, 15) is 26.3 Å². The molecule has 0 saturated heterocycles. The Kier molecular flexibility index (Phi) is 9.50. The molecular weight excluding hydrogens is 450 g/mol. The van der Waals surface area contributed by atoms with Gasteiger partial charge in [0.1, 0.15) is 6.33 Å². The Labute approximate surface area is 177 Å². The number of carbonyl (C=O) groups is 2. The third-order valence-electron chi connectivity index (χ3n) is 3.95. The highest BCUT2D eigenvalue weighted by molar-refractivity contribution is 5.73. The van der Waals surface area contributed by atoms with Crippen LogP contribution in [0.2, 0.25) is 0 Å². The summed E-state index contributed by atoms with van der Waals surface area (Å²) in [4.78, 5) is 33.1. The molecule has 0 bridgehead atoms. The highest BCUT2D eigenvalue weighted by Crippen LogP contribution is 2.24. The van der Waals surface area contributed by atoms with Crippen LogP contribution >= 0.6 is 0 Å². The van der Waals surface area contributed by atoms with Crippen molar-refractivity contribution in [1.82, 2.24) is 19.9 Å². The van der Waals surface area contributed by atoms with E-state index >= 15 is 0 Å². The molecular formula is C18H18F6N4O4. The van der Waals surface area contributed by atoms with E-state index in [1.807, 2.05) is 24.5 Å². The Balaban J connectivity index is 0.000000305. The van der Waals surface area contributed by atoms with Gasteiger partial charge in [0.25, 0.3) is 0 Å². The zero-order valence-corrected chi connectivity index (χ0v) is 16.5. The van der Waals surface area contributed by atoms with Crippen LogP contribution < -0.4 is 0 Å². The first-order chi connectivity index (χ1) is 14.7. The second-order valence-corrected chi connectivity index (χ2v) is 6.29. The first kappa shape index (κ1) is 26.7. The lowest BCUT2D eigenvalue weighted by molar-refractivity contribution is -0.193. The van der Waals surface area contributed by atoms with Crippen molar-refractivity contribution in [2.45, 2.75) is 25.2 Å². The van der Waals surface area contributed by atoms with E-state index in [1.54, 1.807) is 6.33 Å². The topological polar surface area (TPSA) is 117 Å². The minimum Gasteiger partial charge on any atom is -0.475 e. The molecule has 0 amide bonds. The molecule has 0 radical (unpaired) electrons. The van der Waals surface area contributed by atoms with E-state index in [4.69, 9.17) is 19.8 Å². The van der Waals surface area contributed by atoms with Gasteiger partial charge < -0.3 is 15.1 Å². The van der Waals surface area contributed by atoms with E-state index in [0.29, 0.717) is 0 Å². The molecule has 0 aliphatic carbocycles. The number of aliphatic carboxylic acids is 2. The number of pyridine rings is 1. The van der Waals surface area contributed by atoms with E-state index < -0.39 is 24.3 Å². The molecule has 3 rings (SSSR count). The van der Waals surface area contributed by atoms with Gasteiger partial charge in [-0.15, -0.1) is 0 Å². The fourth-order valence-electron chi connectivity index (χ4n) is 2.40. The number of carboxylic acid groups (broad SMARTS) is 2. The third-order valence-corrected chi connectivity index (χ3v) is 3.95. The molecule has 0 unspecified atom stereocenters.